The standard InChI is InChI=1S/C3H8.Al.H2O.3H/c1-3-2;;;;;/h3H2,1-2H3;;1H2;;;. The Kier molecular flexibility index (Phi) is 87.8. The molecule has 0 aromatic carbocycles. The van der Waals surface area contributed by atoms with E-state index in [1.165, 1.54) is 6.42 Å². The molecule has 34 valence electrons. The van der Waals surface area contributed by atoms with E-state index < -0.39 is 0 Å². The average molecular weight is 92.1 g/mol. The van der Waals surface area contributed by atoms with Gasteiger partial charge in [-0.15, -0.1) is 0 Å². The van der Waals surface area contributed by atoms with Crippen LogP contribution >= 0.6 is 0 Å². The van der Waals surface area contributed by atoms with E-state index in [-0.39, 0.29) is 22.8 Å². The summed E-state index contributed by atoms with van der Waals surface area (Å²) < 4.78 is 0. The summed E-state index contributed by atoms with van der Waals surface area (Å²) in [5.74, 6) is 0. The molecule has 0 saturated heterocycles. The van der Waals surface area contributed by atoms with E-state index in [4.69, 9.17) is 0 Å². The van der Waals surface area contributed by atoms with Gasteiger partial charge >= 0.3 is 0 Å². The van der Waals surface area contributed by atoms with Crippen LogP contribution in [-0.2, 0) is 0 Å². The molecule has 0 aliphatic carbocycles. The maximum Gasteiger partial charge on any atom is 0.187 e. The Morgan fingerprint density at radius 2 is 1.20 bits per heavy atom. The van der Waals surface area contributed by atoms with Gasteiger partial charge in [-0.3, -0.25) is 0 Å². The summed E-state index contributed by atoms with van der Waals surface area (Å²) in [6, 6.07) is 0. The van der Waals surface area contributed by atoms with E-state index in [0.29, 0.717) is 0 Å². The number of hydrogen-bond acceptors (Lipinski definition) is 0. The molecule has 0 aromatic heterocycles. The Bertz CT molecular complexity index is 6.85. The van der Waals surface area contributed by atoms with Gasteiger partial charge in [-0.2, -0.15) is 0 Å². The molecule has 0 aliphatic heterocycles. The molecule has 1 nitrogen and oxygen atoms in total. The second-order valence-corrected chi connectivity index (χ2v) is 0.707. The van der Waals surface area contributed by atoms with Crippen molar-refractivity contribution in [3.63, 3.8) is 0 Å². The molecule has 0 heterocycles. The summed E-state index contributed by atoms with van der Waals surface area (Å²) in [4.78, 5) is 0. The molecule has 0 rings (SSSR count). The molecule has 5 heavy (non-hydrogen) atoms. The van der Waals surface area contributed by atoms with Crippen molar-refractivity contribution >= 4 is 17.4 Å². The first-order valence-corrected chi connectivity index (χ1v) is 1.41. The van der Waals surface area contributed by atoms with Gasteiger partial charge in [0, 0.05) is 0 Å². The average Bonchev–Trinajstić information content (AvgIpc) is 0.918. The first kappa shape index (κ1) is 17.8. The Labute approximate surface area is 43.8 Å². The van der Waals surface area contributed by atoms with Crippen LogP contribution in [0, 0.1) is 0 Å². The normalized spacial score (nSPS) is 3.60. The molecule has 0 unspecified atom stereocenters. The summed E-state index contributed by atoms with van der Waals surface area (Å²) in [5, 5.41) is 0. The lowest BCUT2D eigenvalue weighted by atomic mass is 10.6. The van der Waals surface area contributed by atoms with Crippen molar-refractivity contribution in [1.82, 2.24) is 0 Å². The lowest BCUT2D eigenvalue weighted by molar-refractivity contribution is 0.824. The van der Waals surface area contributed by atoms with E-state index in [1.807, 2.05) is 0 Å². The van der Waals surface area contributed by atoms with E-state index in [2.05, 4.69) is 13.8 Å². The zero-order chi connectivity index (χ0) is 2.71. The zero-order valence-corrected chi connectivity index (χ0v) is 3.21. The van der Waals surface area contributed by atoms with Gasteiger partial charge in [0.1, 0.15) is 0 Å². The fraction of sp³-hybridized carbons (Fsp3) is 1.00. The zero-order valence-electron chi connectivity index (χ0n) is 3.21. The van der Waals surface area contributed by atoms with E-state index in [0.717, 1.165) is 0 Å². The summed E-state index contributed by atoms with van der Waals surface area (Å²) in [6.45, 7) is 4.25. The van der Waals surface area contributed by atoms with Crippen molar-refractivity contribution in [3.05, 3.63) is 0 Å². The Morgan fingerprint density at radius 3 is 1.20 bits per heavy atom. The highest BCUT2D eigenvalue weighted by atomic mass is 27.0. The van der Waals surface area contributed by atoms with Gasteiger partial charge in [0.15, 0.2) is 17.4 Å². The van der Waals surface area contributed by atoms with Crippen LogP contribution < -0.4 is 0 Å². The van der Waals surface area contributed by atoms with E-state index in [1.54, 1.807) is 0 Å². The summed E-state index contributed by atoms with van der Waals surface area (Å²) in [6.07, 6.45) is 1.25. The molecular weight excluding hydrogens is 79.0 g/mol. The van der Waals surface area contributed by atoms with Crippen molar-refractivity contribution in [2.75, 3.05) is 0 Å². The Morgan fingerprint density at radius 1 is 1.20 bits per heavy atom. The van der Waals surface area contributed by atoms with Crippen LogP contribution in [0.15, 0.2) is 0 Å². The largest absolute Gasteiger partial charge is 0.412 e. The quantitative estimate of drug-likeness (QED) is 0.358. The van der Waals surface area contributed by atoms with Crippen LogP contribution in [0.5, 0.6) is 0 Å². The van der Waals surface area contributed by atoms with E-state index >= 15 is 0 Å². The summed E-state index contributed by atoms with van der Waals surface area (Å²) in [7, 11) is 0. The Hall–Kier alpha value is 0.492. The molecular formula is C3H13AlO. The van der Waals surface area contributed by atoms with Gasteiger partial charge in [-0.25, -0.2) is 0 Å². The topological polar surface area (TPSA) is 31.5 Å². The third-order valence-electron chi connectivity index (χ3n) is 0. The molecule has 2 N–H and O–H groups in total. The van der Waals surface area contributed by atoms with Gasteiger partial charge < -0.3 is 5.48 Å². The fourth-order valence-corrected chi connectivity index (χ4v) is 0. The van der Waals surface area contributed by atoms with Crippen LogP contribution in [0.2, 0.25) is 0 Å². The molecule has 2 heteroatoms. The minimum absolute atomic E-state index is 0. The third-order valence-corrected chi connectivity index (χ3v) is 0. The molecule has 0 saturated carbocycles. The molecule has 0 radical (unpaired) electrons. The first-order chi connectivity index (χ1) is 1.41. The van der Waals surface area contributed by atoms with Gasteiger partial charge in [-0.05, 0) is 0 Å². The first-order valence-electron chi connectivity index (χ1n) is 1.41. The second-order valence-electron chi connectivity index (χ2n) is 0.707. The minimum Gasteiger partial charge on any atom is -0.412 e. The molecule has 0 aliphatic rings. The van der Waals surface area contributed by atoms with Crippen LogP contribution in [0.25, 0.3) is 0 Å². The van der Waals surface area contributed by atoms with Gasteiger partial charge in [0.2, 0.25) is 0 Å². The van der Waals surface area contributed by atoms with Gasteiger partial charge in [-0.1, -0.05) is 20.3 Å². The van der Waals surface area contributed by atoms with Crippen LogP contribution in [0.3, 0.4) is 0 Å². The molecule has 0 fully saturated rings. The Balaban J connectivity index is -0.0000000200. The van der Waals surface area contributed by atoms with Gasteiger partial charge in [0.05, 0.1) is 0 Å². The van der Waals surface area contributed by atoms with Crippen molar-refractivity contribution < 1.29 is 5.48 Å². The second kappa shape index (κ2) is 24.6. The van der Waals surface area contributed by atoms with Crippen molar-refractivity contribution in [2.45, 2.75) is 20.3 Å². The lowest BCUT2D eigenvalue weighted by Gasteiger charge is -1.48. The number of hydrogen-bond donors (Lipinski definition) is 0. The maximum atomic E-state index is 2.12. The summed E-state index contributed by atoms with van der Waals surface area (Å²) in [5.41, 5.74) is 0. The third kappa shape index (κ3) is 115. The smallest absolute Gasteiger partial charge is 0.187 e. The highest BCUT2D eigenvalue weighted by Crippen LogP contribution is 1.56. The maximum absolute atomic E-state index is 2.12. The minimum atomic E-state index is 0. The molecule has 0 spiro atoms. The molecule has 0 atom stereocenters. The SMILES string of the molecule is CCC.O.[AlH3]. The highest BCUT2D eigenvalue weighted by Gasteiger charge is 1.35. The number of rotatable bonds is 0. The fourth-order valence-electron chi connectivity index (χ4n) is 0. The summed E-state index contributed by atoms with van der Waals surface area (Å²) >= 11 is 0. The lowest BCUT2D eigenvalue weighted by Crippen LogP contribution is -1.27. The van der Waals surface area contributed by atoms with Crippen molar-refractivity contribution in [2.24, 2.45) is 0 Å². The van der Waals surface area contributed by atoms with E-state index in [9.17, 15) is 0 Å². The van der Waals surface area contributed by atoms with Crippen LogP contribution in [0.4, 0.5) is 0 Å². The monoisotopic (exact) mass is 92.1 g/mol. The van der Waals surface area contributed by atoms with Crippen LogP contribution in [0.1, 0.15) is 20.3 Å². The predicted octanol–water partition coefficient (Wildman–Crippen LogP) is -0.592. The van der Waals surface area contributed by atoms with Crippen molar-refractivity contribution in [1.29, 1.82) is 0 Å². The van der Waals surface area contributed by atoms with Crippen LogP contribution in [-0.4, -0.2) is 22.8 Å². The molecule has 0 aromatic rings. The van der Waals surface area contributed by atoms with Crippen molar-refractivity contribution in [3.8, 4) is 0 Å². The van der Waals surface area contributed by atoms with Gasteiger partial charge in [0.25, 0.3) is 0 Å². The predicted molar refractivity (Wildman–Crippen MR) is 29.5 cm³/mol. The molecule has 0 bridgehead atoms. The molecule has 0 amide bonds. The highest BCUT2D eigenvalue weighted by molar-refractivity contribution is 5.75.